The topological polar surface area (TPSA) is 67.4 Å². The van der Waals surface area contributed by atoms with Crippen molar-refractivity contribution >= 4 is 23.1 Å². The van der Waals surface area contributed by atoms with Crippen LogP contribution in [-0.4, -0.2) is 24.3 Å². The summed E-state index contributed by atoms with van der Waals surface area (Å²) in [6.07, 6.45) is 7.86. The summed E-state index contributed by atoms with van der Waals surface area (Å²) < 4.78 is 5.38. The first-order valence-electron chi connectivity index (χ1n) is 11.4. The summed E-state index contributed by atoms with van der Waals surface area (Å²) in [5.74, 6) is 1.25. The zero-order chi connectivity index (χ0) is 22.7. The summed E-state index contributed by atoms with van der Waals surface area (Å²) >= 11 is 0. The third-order valence-corrected chi connectivity index (χ3v) is 6.39. The van der Waals surface area contributed by atoms with Gasteiger partial charge in [-0.05, 0) is 81.0 Å². The highest BCUT2D eigenvalue weighted by Crippen LogP contribution is 2.32. The summed E-state index contributed by atoms with van der Waals surface area (Å²) in [5, 5.41) is 6.46. The van der Waals surface area contributed by atoms with Gasteiger partial charge in [-0.2, -0.15) is 0 Å². The van der Waals surface area contributed by atoms with Crippen LogP contribution >= 0.6 is 0 Å². The maximum atomic E-state index is 13.0. The van der Waals surface area contributed by atoms with Crippen LogP contribution in [0.5, 0.6) is 5.75 Å². The van der Waals surface area contributed by atoms with Crippen molar-refractivity contribution in [3.8, 4) is 5.75 Å². The molecule has 0 atom stereocenters. The number of amides is 1. The van der Waals surface area contributed by atoms with Gasteiger partial charge in [-0.1, -0.05) is 18.9 Å². The number of rotatable bonds is 6. The lowest BCUT2D eigenvalue weighted by molar-refractivity contribution is -0.117. The number of nitrogens with one attached hydrogen (secondary N) is 2. The molecule has 0 bridgehead atoms. The van der Waals surface area contributed by atoms with Gasteiger partial charge in [0.2, 0.25) is 5.91 Å². The van der Waals surface area contributed by atoms with Crippen molar-refractivity contribution in [3.05, 3.63) is 65.2 Å². The number of allylic oxidation sites excluding steroid dienone is 1. The predicted molar refractivity (Wildman–Crippen MR) is 128 cm³/mol. The van der Waals surface area contributed by atoms with Crippen molar-refractivity contribution in [3.63, 3.8) is 0 Å². The van der Waals surface area contributed by atoms with Crippen LogP contribution in [0.2, 0.25) is 0 Å². The van der Waals surface area contributed by atoms with E-state index < -0.39 is 0 Å². The number of methoxy groups -OCH3 is 1. The van der Waals surface area contributed by atoms with Crippen LogP contribution in [-0.2, 0) is 11.2 Å². The number of carbonyl (C=O) groups excluding carboxylic acids is 2. The number of benzene rings is 2. The number of hydrogen-bond acceptors (Lipinski definition) is 4. The lowest BCUT2D eigenvalue weighted by Gasteiger charge is -2.35. The molecule has 5 nitrogen and oxygen atoms in total. The molecule has 4 rings (SSSR count). The summed E-state index contributed by atoms with van der Waals surface area (Å²) in [5.41, 5.74) is 4.14. The molecule has 2 aromatic rings. The largest absolute Gasteiger partial charge is 0.497 e. The van der Waals surface area contributed by atoms with E-state index in [2.05, 4.69) is 30.5 Å². The Kier molecular flexibility index (Phi) is 6.35. The lowest BCUT2D eigenvalue weighted by atomic mass is 9.85. The van der Waals surface area contributed by atoms with Gasteiger partial charge in [-0.3, -0.25) is 9.59 Å². The molecule has 1 aliphatic carbocycles. The number of ketones is 1. The van der Waals surface area contributed by atoms with Crippen molar-refractivity contribution in [2.75, 3.05) is 12.4 Å². The Bertz CT molecular complexity index is 1030. The number of ether oxygens (including phenoxy) is 1. The minimum Gasteiger partial charge on any atom is -0.497 e. The van der Waals surface area contributed by atoms with E-state index in [1.807, 2.05) is 12.1 Å². The molecule has 1 heterocycles. The second-order valence-corrected chi connectivity index (χ2v) is 9.61. The minimum absolute atomic E-state index is 0.0530. The molecular formula is C27H32N2O3. The van der Waals surface area contributed by atoms with E-state index in [9.17, 15) is 9.59 Å². The molecule has 0 saturated heterocycles. The van der Waals surface area contributed by atoms with Crippen molar-refractivity contribution in [2.45, 2.75) is 57.9 Å². The fraction of sp³-hybridized carbons (Fsp3) is 0.407. The summed E-state index contributed by atoms with van der Waals surface area (Å²) in [6.45, 7) is 4.25. The third-order valence-electron chi connectivity index (χ3n) is 6.39. The fourth-order valence-electron chi connectivity index (χ4n) is 4.77. The molecular weight excluding hydrogens is 400 g/mol. The number of carbonyl (C=O) groups is 2. The molecule has 2 aromatic carbocycles. The molecule has 0 spiro atoms. The third kappa shape index (κ3) is 5.21. The maximum Gasteiger partial charge on any atom is 0.224 e. The van der Waals surface area contributed by atoms with Gasteiger partial charge in [-0.25, -0.2) is 0 Å². The van der Waals surface area contributed by atoms with Crippen LogP contribution in [0, 0.1) is 5.92 Å². The highest BCUT2D eigenvalue weighted by Gasteiger charge is 2.28. The minimum atomic E-state index is -0.152. The van der Waals surface area contributed by atoms with Crippen LogP contribution in [0.1, 0.15) is 67.4 Å². The Hall–Kier alpha value is -3.08. The normalized spacial score (nSPS) is 18.7. The zero-order valence-electron chi connectivity index (χ0n) is 19.2. The van der Waals surface area contributed by atoms with Gasteiger partial charge in [0.1, 0.15) is 5.75 Å². The van der Waals surface area contributed by atoms with Gasteiger partial charge < -0.3 is 15.4 Å². The van der Waals surface area contributed by atoms with Gasteiger partial charge in [0.15, 0.2) is 5.78 Å². The SMILES string of the molecule is COc1ccc2c(c1)C(=CC(=O)c1ccc(NC(=O)CC3CCCC3)cc1)NC(C)(C)C2. The van der Waals surface area contributed by atoms with Gasteiger partial charge in [0, 0.05) is 40.5 Å². The molecule has 1 amide bonds. The quantitative estimate of drug-likeness (QED) is 0.476. The molecule has 168 valence electrons. The fourth-order valence-corrected chi connectivity index (χ4v) is 4.77. The molecule has 5 heteroatoms. The molecule has 1 saturated carbocycles. The monoisotopic (exact) mass is 432 g/mol. The Labute approximate surface area is 190 Å². The molecule has 32 heavy (non-hydrogen) atoms. The highest BCUT2D eigenvalue weighted by atomic mass is 16.5. The molecule has 0 radical (unpaired) electrons. The molecule has 0 unspecified atom stereocenters. The molecule has 0 aromatic heterocycles. The number of hydrogen-bond donors (Lipinski definition) is 2. The zero-order valence-corrected chi connectivity index (χ0v) is 19.2. The van der Waals surface area contributed by atoms with E-state index in [0.29, 0.717) is 17.9 Å². The average molecular weight is 433 g/mol. The van der Waals surface area contributed by atoms with Crippen molar-refractivity contribution in [1.29, 1.82) is 0 Å². The average Bonchev–Trinajstić information content (AvgIpc) is 3.26. The van der Waals surface area contributed by atoms with Gasteiger partial charge in [0.05, 0.1) is 7.11 Å². The number of anilines is 1. The van der Waals surface area contributed by atoms with Gasteiger partial charge >= 0.3 is 0 Å². The first-order valence-corrected chi connectivity index (χ1v) is 11.4. The first kappa shape index (κ1) is 22.1. The first-order chi connectivity index (χ1) is 15.3. The second-order valence-electron chi connectivity index (χ2n) is 9.61. The van der Waals surface area contributed by atoms with Crippen molar-refractivity contribution in [2.24, 2.45) is 5.92 Å². The Morgan fingerprint density at radius 1 is 1.12 bits per heavy atom. The summed E-state index contributed by atoms with van der Waals surface area (Å²) in [7, 11) is 1.64. The molecule has 2 aliphatic rings. The second kappa shape index (κ2) is 9.19. The van der Waals surface area contributed by atoms with Crippen LogP contribution in [0.4, 0.5) is 5.69 Å². The Morgan fingerprint density at radius 3 is 2.53 bits per heavy atom. The van der Waals surface area contributed by atoms with E-state index in [1.54, 1.807) is 37.5 Å². The van der Waals surface area contributed by atoms with E-state index >= 15 is 0 Å². The summed E-state index contributed by atoms with van der Waals surface area (Å²) in [6, 6.07) is 13.1. The number of fused-ring (bicyclic) bond motifs is 1. The van der Waals surface area contributed by atoms with E-state index in [4.69, 9.17) is 4.74 Å². The summed E-state index contributed by atoms with van der Waals surface area (Å²) in [4.78, 5) is 25.3. The Balaban J connectivity index is 1.49. The van der Waals surface area contributed by atoms with Gasteiger partial charge in [-0.15, -0.1) is 0 Å². The van der Waals surface area contributed by atoms with Crippen LogP contribution in [0.25, 0.3) is 5.70 Å². The van der Waals surface area contributed by atoms with Crippen LogP contribution < -0.4 is 15.4 Å². The van der Waals surface area contributed by atoms with Crippen LogP contribution in [0.3, 0.4) is 0 Å². The smallest absolute Gasteiger partial charge is 0.224 e. The standard InChI is InChI=1S/C27H32N2O3/c1-27(2)17-20-10-13-22(32-3)15-23(20)24(29-27)16-25(30)19-8-11-21(12-9-19)28-26(31)14-18-6-4-5-7-18/h8-13,15-16,18,29H,4-7,14,17H2,1-3H3,(H,28,31). The van der Waals surface area contributed by atoms with E-state index in [-0.39, 0.29) is 17.2 Å². The van der Waals surface area contributed by atoms with Crippen LogP contribution in [0.15, 0.2) is 48.5 Å². The Morgan fingerprint density at radius 2 is 1.84 bits per heavy atom. The van der Waals surface area contributed by atoms with Crippen molar-refractivity contribution < 1.29 is 14.3 Å². The van der Waals surface area contributed by atoms with E-state index in [0.717, 1.165) is 42.0 Å². The van der Waals surface area contributed by atoms with Crippen molar-refractivity contribution in [1.82, 2.24) is 5.32 Å². The molecule has 2 N–H and O–H groups in total. The van der Waals surface area contributed by atoms with E-state index in [1.165, 1.54) is 18.4 Å². The lowest BCUT2D eigenvalue weighted by Crippen LogP contribution is -2.43. The molecule has 1 fully saturated rings. The molecule has 1 aliphatic heterocycles. The van der Waals surface area contributed by atoms with Gasteiger partial charge in [0.25, 0.3) is 0 Å². The maximum absolute atomic E-state index is 13.0. The predicted octanol–water partition coefficient (Wildman–Crippen LogP) is 5.36. The highest BCUT2D eigenvalue weighted by molar-refractivity contribution is 6.09.